The summed E-state index contributed by atoms with van der Waals surface area (Å²) in [7, 11) is 2.40. The van der Waals surface area contributed by atoms with E-state index in [2.05, 4.69) is 19.9 Å². The van der Waals surface area contributed by atoms with Gasteiger partial charge in [0.05, 0.1) is 25.3 Å². The predicted molar refractivity (Wildman–Crippen MR) is 106 cm³/mol. The Bertz CT molecular complexity index is 1080. The highest BCUT2D eigenvalue weighted by Gasteiger charge is 2.16. The molecular weight excluding hydrogens is 409 g/mol. The number of methoxy groups -OCH3 is 2. The smallest absolute Gasteiger partial charge is 0.337 e. The van der Waals surface area contributed by atoms with Gasteiger partial charge >= 0.3 is 11.9 Å². The molecule has 1 amide bonds. The molecule has 9 nitrogen and oxygen atoms in total. The fraction of sp³-hybridized carbons (Fsp3) is 0.143. The van der Waals surface area contributed by atoms with Gasteiger partial charge in [-0.3, -0.25) is 4.79 Å². The Morgan fingerprint density at radius 1 is 0.968 bits per heavy atom. The van der Waals surface area contributed by atoms with Crippen molar-refractivity contribution in [3.05, 3.63) is 77.4 Å². The van der Waals surface area contributed by atoms with Gasteiger partial charge in [-0.2, -0.15) is 5.10 Å². The van der Waals surface area contributed by atoms with Gasteiger partial charge in [0, 0.05) is 11.9 Å². The zero-order valence-electron chi connectivity index (χ0n) is 16.6. The van der Waals surface area contributed by atoms with Gasteiger partial charge in [0.25, 0.3) is 5.91 Å². The van der Waals surface area contributed by atoms with Crippen molar-refractivity contribution in [2.75, 3.05) is 19.5 Å². The quantitative estimate of drug-likeness (QED) is 0.578. The maximum absolute atomic E-state index is 12.9. The van der Waals surface area contributed by atoms with Gasteiger partial charge in [-0.05, 0) is 48.5 Å². The third-order valence-electron chi connectivity index (χ3n) is 4.08. The molecule has 0 aliphatic rings. The van der Waals surface area contributed by atoms with Crippen LogP contribution in [0.2, 0.25) is 0 Å². The highest BCUT2D eigenvalue weighted by atomic mass is 19.1. The van der Waals surface area contributed by atoms with Crippen LogP contribution in [0.25, 0.3) is 0 Å². The molecule has 1 aromatic heterocycles. The second kappa shape index (κ2) is 9.53. The number of rotatable bonds is 7. The number of nitrogens with one attached hydrogen (secondary N) is 1. The minimum absolute atomic E-state index is 0.00320. The van der Waals surface area contributed by atoms with Crippen molar-refractivity contribution in [3.63, 3.8) is 0 Å². The Morgan fingerprint density at radius 3 is 2.16 bits per heavy atom. The predicted octanol–water partition coefficient (Wildman–Crippen LogP) is 2.88. The number of carbonyl (C=O) groups excluding carboxylic acids is 3. The average Bonchev–Trinajstić information content (AvgIpc) is 3.26. The molecule has 10 heteroatoms. The molecule has 2 aromatic carbocycles. The van der Waals surface area contributed by atoms with E-state index < -0.39 is 17.8 Å². The van der Waals surface area contributed by atoms with Gasteiger partial charge in [0.15, 0.2) is 12.4 Å². The van der Waals surface area contributed by atoms with Crippen molar-refractivity contribution in [2.24, 2.45) is 0 Å². The second-order valence-corrected chi connectivity index (χ2v) is 6.20. The van der Waals surface area contributed by atoms with Crippen LogP contribution < -0.4 is 10.1 Å². The molecule has 0 fully saturated rings. The topological polar surface area (TPSA) is 109 Å². The van der Waals surface area contributed by atoms with Crippen LogP contribution in [0.3, 0.4) is 0 Å². The first-order chi connectivity index (χ1) is 14.9. The van der Waals surface area contributed by atoms with E-state index in [-0.39, 0.29) is 35.1 Å². The number of carbonyl (C=O) groups is 3. The molecule has 3 rings (SSSR count). The molecule has 0 bridgehead atoms. The monoisotopic (exact) mass is 427 g/mol. The van der Waals surface area contributed by atoms with E-state index >= 15 is 0 Å². The molecule has 0 aliphatic heterocycles. The van der Waals surface area contributed by atoms with Gasteiger partial charge in [-0.1, -0.05) is 0 Å². The van der Waals surface area contributed by atoms with Crippen LogP contribution in [0, 0.1) is 5.82 Å². The molecule has 1 heterocycles. The molecule has 0 spiro atoms. The molecule has 0 saturated heterocycles. The van der Waals surface area contributed by atoms with Crippen molar-refractivity contribution in [3.8, 4) is 5.75 Å². The number of amides is 1. The van der Waals surface area contributed by atoms with Crippen molar-refractivity contribution >= 4 is 23.5 Å². The molecule has 160 valence electrons. The summed E-state index contributed by atoms with van der Waals surface area (Å²) in [6.07, 6.45) is 1.53. The summed E-state index contributed by atoms with van der Waals surface area (Å²) in [5, 5.41) is 6.69. The number of anilines is 1. The lowest BCUT2D eigenvalue weighted by Crippen LogP contribution is -2.16. The zero-order chi connectivity index (χ0) is 22.4. The molecule has 3 aromatic rings. The summed E-state index contributed by atoms with van der Waals surface area (Å²) in [4.78, 5) is 36.3. The Balaban J connectivity index is 1.71. The lowest BCUT2D eigenvalue weighted by Gasteiger charge is -2.09. The third kappa shape index (κ3) is 5.44. The first kappa shape index (κ1) is 21.5. The molecule has 1 N–H and O–H groups in total. The molecule has 31 heavy (non-hydrogen) atoms. The van der Waals surface area contributed by atoms with Crippen LogP contribution in [0.5, 0.6) is 5.75 Å². The summed E-state index contributed by atoms with van der Waals surface area (Å²) >= 11 is 0. The van der Waals surface area contributed by atoms with E-state index in [1.807, 2.05) is 0 Å². The first-order valence-electron chi connectivity index (χ1n) is 8.94. The van der Waals surface area contributed by atoms with Gasteiger partial charge in [-0.25, -0.2) is 18.7 Å². The Morgan fingerprint density at radius 2 is 1.58 bits per heavy atom. The minimum atomic E-state index is -0.677. The van der Waals surface area contributed by atoms with Gasteiger partial charge in [-0.15, -0.1) is 0 Å². The standard InChI is InChI=1S/C21H18FN3O6/c1-29-20(27)13-9-14(21(28)30-2)11-16(10-13)23-19(26)18-7-8-25(24-18)12-31-17-5-3-15(22)4-6-17/h3-11H,12H2,1-2H3,(H,23,26). The Hall–Kier alpha value is -4.21. The van der Waals surface area contributed by atoms with Crippen LogP contribution >= 0.6 is 0 Å². The fourth-order valence-electron chi connectivity index (χ4n) is 2.59. The Kier molecular flexibility index (Phi) is 6.61. The van der Waals surface area contributed by atoms with Crippen LogP contribution in [-0.4, -0.2) is 41.8 Å². The fourth-order valence-corrected chi connectivity index (χ4v) is 2.59. The molecule has 0 unspecified atom stereocenters. The number of hydrogen-bond acceptors (Lipinski definition) is 7. The summed E-state index contributed by atoms with van der Waals surface area (Å²) < 4.78 is 29.1. The van der Waals surface area contributed by atoms with E-state index in [9.17, 15) is 18.8 Å². The maximum atomic E-state index is 12.9. The van der Waals surface area contributed by atoms with Crippen LogP contribution in [0.1, 0.15) is 31.2 Å². The van der Waals surface area contributed by atoms with Crippen LogP contribution in [-0.2, 0) is 16.2 Å². The zero-order valence-corrected chi connectivity index (χ0v) is 16.6. The summed E-state index contributed by atoms with van der Waals surface area (Å²) in [6.45, 7) is 0.00320. The van der Waals surface area contributed by atoms with Crippen LogP contribution in [0.4, 0.5) is 10.1 Å². The van der Waals surface area contributed by atoms with Crippen molar-refractivity contribution in [2.45, 2.75) is 6.73 Å². The normalized spacial score (nSPS) is 10.3. The van der Waals surface area contributed by atoms with E-state index in [1.165, 1.54) is 73.6 Å². The van der Waals surface area contributed by atoms with E-state index in [1.54, 1.807) is 0 Å². The molecule has 0 saturated carbocycles. The lowest BCUT2D eigenvalue weighted by molar-refractivity contribution is 0.0599. The summed E-state index contributed by atoms with van der Waals surface area (Å²) in [5.41, 5.74) is 0.397. The van der Waals surface area contributed by atoms with Gasteiger partial charge in [0.2, 0.25) is 0 Å². The highest BCUT2D eigenvalue weighted by molar-refractivity contribution is 6.04. The highest BCUT2D eigenvalue weighted by Crippen LogP contribution is 2.18. The summed E-state index contributed by atoms with van der Waals surface area (Å²) in [5.74, 6) is -1.86. The second-order valence-electron chi connectivity index (χ2n) is 6.20. The molecule has 0 atom stereocenters. The number of halogens is 1. The molecular formula is C21H18FN3O6. The van der Waals surface area contributed by atoms with Crippen molar-refractivity contribution < 1.29 is 33.0 Å². The number of nitrogens with zero attached hydrogens (tertiary/aromatic N) is 2. The third-order valence-corrected chi connectivity index (χ3v) is 4.08. The largest absolute Gasteiger partial charge is 0.471 e. The SMILES string of the molecule is COC(=O)c1cc(NC(=O)c2ccn(COc3ccc(F)cc3)n2)cc(C(=O)OC)c1. The van der Waals surface area contributed by atoms with E-state index in [0.29, 0.717) is 5.75 Å². The minimum Gasteiger partial charge on any atom is -0.471 e. The van der Waals surface area contributed by atoms with Gasteiger partial charge in [0.1, 0.15) is 11.6 Å². The number of benzene rings is 2. The number of esters is 2. The average molecular weight is 427 g/mol. The number of hydrogen-bond donors (Lipinski definition) is 1. The lowest BCUT2D eigenvalue weighted by atomic mass is 10.1. The molecule has 0 aliphatic carbocycles. The number of aromatic nitrogens is 2. The van der Waals surface area contributed by atoms with Crippen molar-refractivity contribution in [1.82, 2.24) is 9.78 Å². The molecule has 0 radical (unpaired) electrons. The van der Waals surface area contributed by atoms with Gasteiger partial charge < -0.3 is 19.5 Å². The van der Waals surface area contributed by atoms with Crippen LogP contribution in [0.15, 0.2) is 54.7 Å². The maximum Gasteiger partial charge on any atom is 0.337 e. The van der Waals surface area contributed by atoms with E-state index in [4.69, 9.17) is 4.74 Å². The summed E-state index contributed by atoms with van der Waals surface area (Å²) in [6, 6.07) is 11.0. The number of ether oxygens (including phenoxy) is 3. The van der Waals surface area contributed by atoms with Crippen molar-refractivity contribution in [1.29, 1.82) is 0 Å². The Labute approximate surface area is 176 Å². The van der Waals surface area contributed by atoms with E-state index in [0.717, 1.165) is 0 Å². The first-order valence-corrected chi connectivity index (χ1v) is 8.94.